The number of ether oxygens (including phenoxy) is 2. The third kappa shape index (κ3) is 4.12. The fraction of sp³-hybridized carbons (Fsp3) is 0.105. The lowest BCUT2D eigenvalue weighted by atomic mass is 10.1. The van der Waals surface area contributed by atoms with E-state index in [2.05, 4.69) is 15.0 Å². The van der Waals surface area contributed by atoms with Gasteiger partial charge in [-0.05, 0) is 59.8 Å². The Labute approximate surface area is 154 Å². The molecule has 2 aromatic rings. The molecule has 0 saturated carbocycles. The number of thioether (sulfide) groups is 1. The Balaban J connectivity index is 1.75. The molecule has 1 fully saturated rings. The average molecular weight is 368 g/mol. The molecule has 1 aliphatic heterocycles. The van der Waals surface area contributed by atoms with Crippen molar-refractivity contribution in [2.75, 3.05) is 14.2 Å². The fourth-order valence-electron chi connectivity index (χ4n) is 2.24. The first-order valence-electron chi connectivity index (χ1n) is 7.71. The number of nitrogens with one attached hydrogen (secondary N) is 1. The Morgan fingerprint density at radius 3 is 2.38 bits per heavy atom. The summed E-state index contributed by atoms with van der Waals surface area (Å²) in [6.45, 7) is 0. The lowest BCUT2D eigenvalue weighted by molar-refractivity contribution is -0.115. The van der Waals surface area contributed by atoms with Crippen LogP contribution in [0.1, 0.15) is 15.9 Å². The lowest BCUT2D eigenvalue weighted by Gasteiger charge is -2.00. The second kappa shape index (κ2) is 7.88. The summed E-state index contributed by atoms with van der Waals surface area (Å²) in [5, 5.41) is 3.25. The zero-order chi connectivity index (χ0) is 18.5. The first kappa shape index (κ1) is 17.8. The normalized spacial score (nSPS) is 16.6. The summed E-state index contributed by atoms with van der Waals surface area (Å²) in [5.41, 5.74) is 1.98. The molecule has 0 bridgehead atoms. The van der Waals surface area contributed by atoms with Gasteiger partial charge in [0.1, 0.15) is 5.75 Å². The lowest BCUT2D eigenvalue weighted by Crippen LogP contribution is -2.19. The van der Waals surface area contributed by atoms with E-state index in [1.54, 1.807) is 49.6 Å². The Kier molecular flexibility index (Phi) is 5.38. The van der Waals surface area contributed by atoms with Crippen LogP contribution >= 0.6 is 11.8 Å². The van der Waals surface area contributed by atoms with E-state index in [9.17, 15) is 9.59 Å². The third-order valence-electron chi connectivity index (χ3n) is 3.58. The van der Waals surface area contributed by atoms with E-state index < -0.39 is 5.97 Å². The van der Waals surface area contributed by atoms with Gasteiger partial charge in [0, 0.05) is 0 Å². The maximum Gasteiger partial charge on any atom is 0.337 e. The maximum atomic E-state index is 12.1. The van der Waals surface area contributed by atoms with Gasteiger partial charge in [-0.15, -0.1) is 0 Å². The van der Waals surface area contributed by atoms with Gasteiger partial charge in [-0.1, -0.05) is 12.1 Å². The number of amides is 1. The highest BCUT2D eigenvalue weighted by atomic mass is 32.2. The molecule has 2 aromatic carbocycles. The van der Waals surface area contributed by atoms with Crippen molar-refractivity contribution < 1.29 is 19.1 Å². The molecule has 1 N–H and O–H groups in total. The van der Waals surface area contributed by atoms with Gasteiger partial charge in [0.05, 0.1) is 30.4 Å². The van der Waals surface area contributed by atoms with E-state index in [1.165, 1.54) is 18.9 Å². The highest BCUT2D eigenvalue weighted by molar-refractivity contribution is 8.18. The van der Waals surface area contributed by atoms with Crippen LogP contribution in [-0.2, 0) is 9.53 Å². The number of hydrogen-bond donors (Lipinski definition) is 1. The number of amidine groups is 1. The Bertz CT molecular complexity index is 887. The Hall–Kier alpha value is -3.06. The molecule has 0 unspecified atom stereocenters. The molecule has 6 nitrogen and oxygen atoms in total. The number of carbonyl (C=O) groups is 2. The van der Waals surface area contributed by atoms with Gasteiger partial charge in [-0.25, -0.2) is 9.79 Å². The van der Waals surface area contributed by atoms with Crippen molar-refractivity contribution in [3.05, 3.63) is 64.6 Å². The fourth-order valence-corrected chi connectivity index (χ4v) is 3.08. The van der Waals surface area contributed by atoms with E-state index in [4.69, 9.17) is 4.74 Å². The van der Waals surface area contributed by atoms with Crippen molar-refractivity contribution in [1.29, 1.82) is 0 Å². The van der Waals surface area contributed by atoms with Crippen molar-refractivity contribution in [2.24, 2.45) is 4.99 Å². The number of nitrogens with zero attached hydrogens (tertiary/aromatic N) is 1. The standard InChI is InChI=1S/C19H16N2O4S/c1-24-15-9-7-14(8-10-15)20-19-21-17(22)16(26-19)11-12-3-5-13(6-4-12)18(23)25-2/h3-11H,1-2H3,(H,20,21,22). The molecule has 1 amide bonds. The van der Waals surface area contributed by atoms with Gasteiger partial charge in [0.15, 0.2) is 5.17 Å². The Morgan fingerprint density at radius 1 is 1.08 bits per heavy atom. The first-order chi connectivity index (χ1) is 12.6. The summed E-state index contributed by atoms with van der Waals surface area (Å²) in [4.78, 5) is 28.5. The molecule has 0 spiro atoms. The number of carbonyl (C=O) groups excluding carboxylic acids is 2. The smallest absolute Gasteiger partial charge is 0.337 e. The number of esters is 1. The van der Waals surface area contributed by atoms with Crippen LogP contribution in [0.15, 0.2) is 58.4 Å². The van der Waals surface area contributed by atoms with Gasteiger partial charge in [-0.3, -0.25) is 4.79 Å². The van der Waals surface area contributed by atoms with Crippen LogP contribution < -0.4 is 10.1 Å². The van der Waals surface area contributed by atoms with Crippen molar-refractivity contribution in [2.45, 2.75) is 0 Å². The van der Waals surface area contributed by atoms with E-state index in [-0.39, 0.29) is 5.91 Å². The van der Waals surface area contributed by atoms with Crippen LogP contribution in [-0.4, -0.2) is 31.3 Å². The molecule has 0 radical (unpaired) electrons. The van der Waals surface area contributed by atoms with Crippen LogP contribution in [0.2, 0.25) is 0 Å². The van der Waals surface area contributed by atoms with Crippen LogP contribution in [0.5, 0.6) is 5.75 Å². The number of hydrogen-bond acceptors (Lipinski definition) is 6. The Morgan fingerprint density at radius 2 is 1.77 bits per heavy atom. The van der Waals surface area contributed by atoms with Crippen molar-refractivity contribution in [3.63, 3.8) is 0 Å². The van der Waals surface area contributed by atoms with Gasteiger partial charge >= 0.3 is 5.97 Å². The van der Waals surface area contributed by atoms with E-state index in [0.29, 0.717) is 15.6 Å². The highest BCUT2D eigenvalue weighted by Gasteiger charge is 2.23. The van der Waals surface area contributed by atoms with Gasteiger partial charge in [-0.2, -0.15) is 0 Å². The summed E-state index contributed by atoms with van der Waals surface area (Å²) < 4.78 is 9.77. The minimum atomic E-state index is -0.397. The predicted octanol–water partition coefficient (Wildman–Crippen LogP) is 3.37. The predicted molar refractivity (Wildman–Crippen MR) is 102 cm³/mol. The van der Waals surface area contributed by atoms with E-state index in [0.717, 1.165) is 17.0 Å². The van der Waals surface area contributed by atoms with Gasteiger partial charge < -0.3 is 14.8 Å². The summed E-state index contributed by atoms with van der Waals surface area (Å²) >= 11 is 1.26. The third-order valence-corrected chi connectivity index (χ3v) is 4.49. The summed E-state index contributed by atoms with van der Waals surface area (Å²) in [5.74, 6) is 0.137. The average Bonchev–Trinajstić information content (AvgIpc) is 3.01. The van der Waals surface area contributed by atoms with Crippen molar-refractivity contribution in [3.8, 4) is 5.75 Å². The second-order valence-electron chi connectivity index (χ2n) is 5.29. The molecule has 7 heteroatoms. The molecule has 0 aliphatic carbocycles. The van der Waals surface area contributed by atoms with Crippen LogP contribution in [0.25, 0.3) is 6.08 Å². The SMILES string of the molecule is COC(=O)c1ccc(C=C2SC(=Nc3ccc(OC)cc3)NC2=O)cc1. The largest absolute Gasteiger partial charge is 0.497 e. The zero-order valence-electron chi connectivity index (χ0n) is 14.2. The molecule has 1 saturated heterocycles. The molecule has 3 rings (SSSR count). The summed E-state index contributed by atoms with van der Waals surface area (Å²) in [7, 11) is 2.93. The van der Waals surface area contributed by atoms with Crippen molar-refractivity contribution in [1.82, 2.24) is 5.32 Å². The molecule has 1 aliphatic rings. The summed E-state index contributed by atoms with van der Waals surface area (Å²) in [6, 6.07) is 14.1. The maximum absolute atomic E-state index is 12.1. The molecule has 0 aromatic heterocycles. The number of rotatable bonds is 4. The molecule has 1 heterocycles. The van der Waals surface area contributed by atoms with Gasteiger partial charge in [0.2, 0.25) is 0 Å². The number of benzene rings is 2. The quantitative estimate of drug-likeness (QED) is 0.661. The highest BCUT2D eigenvalue weighted by Crippen LogP contribution is 2.28. The zero-order valence-corrected chi connectivity index (χ0v) is 15.0. The van der Waals surface area contributed by atoms with Crippen LogP contribution in [0.4, 0.5) is 5.69 Å². The molecule has 0 atom stereocenters. The topological polar surface area (TPSA) is 77.0 Å². The van der Waals surface area contributed by atoms with E-state index >= 15 is 0 Å². The number of aliphatic imine (C=N–C) groups is 1. The van der Waals surface area contributed by atoms with Gasteiger partial charge in [0.25, 0.3) is 5.91 Å². The molecule has 26 heavy (non-hydrogen) atoms. The molecule has 132 valence electrons. The summed E-state index contributed by atoms with van der Waals surface area (Å²) in [6.07, 6.45) is 1.75. The molecular weight excluding hydrogens is 352 g/mol. The van der Waals surface area contributed by atoms with E-state index in [1.807, 2.05) is 12.1 Å². The minimum Gasteiger partial charge on any atom is -0.497 e. The van der Waals surface area contributed by atoms with Crippen LogP contribution in [0, 0.1) is 0 Å². The number of methoxy groups -OCH3 is 2. The first-order valence-corrected chi connectivity index (χ1v) is 8.53. The second-order valence-corrected chi connectivity index (χ2v) is 6.32. The van der Waals surface area contributed by atoms with Crippen molar-refractivity contribution >= 4 is 40.6 Å². The minimum absolute atomic E-state index is 0.209. The monoisotopic (exact) mass is 368 g/mol. The van der Waals surface area contributed by atoms with Crippen LogP contribution in [0.3, 0.4) is 0 Å². The molecular formula is C19H16N2O4S.